The first kappa shape index (κ1) is 10.4. The lowest BCUT2D eigenvalue weighted by molar-refractivity contribution is 0.595. The molecule has 0 unspecified atom stereocenters. The van der Waals surface area contributed by atoms with E-state index in [1.165, 1.54) is 11.3 Å². The Morgan fingerprint density at radius 3 is 2.40 bits per heavy atom. The molecular formula is C11H10O2S2. The lowest BCUT2D eigenvalue weighted by Crippen LogP contribution is -2.03. The molecule has 0 N–H and O–H groups in total. The number of rotatable bonds is 3. The van der Waals surface area contributed by atoms with Crippen molar-refractivity contribution in [3.8, 4) is 0 Å². The van der Waals surface area contributed by atoms with Gasteiger partial charge in [-0.3, -0.25) is 0 Å². The molecule has 0 saturated heterocycles. The maximum atomic E-state index is 11.9. The van der Waals surface area contributed by atoms with Crippen LogP contribution in [0.5, 0.6) is 0 Å². The van der Waals surface area contributed by atoms with Crippen molar-refractivity contribution in [2.45, 2.75) is 10.6 Å². The standard InChI is InChI=1S/C11H10O2S2/c12-15(13,11-6-7-14-8-11)9-10-4-2-1-3-5-10/h1-8H,9H2. The van der Waals surface area contributed by atoms with E-state index >= 15 is 0 Å². The molecule has 0 amide bonds. The summed E-state index contributed by atoms with van der Waals surface area (Å²) in [5.41, 5.74) is 0.823. The van der Waals surface area contributed by atoms with Crippen molar-refractivity contribution in [1.29, 1.82) is 0 Å². The van der Waals surface area contributed by atoms with E-state index in [0.29, 0.717) is 4.90 Å². The second-order valence-corrected chi connectivity index (χ2v) is 5.97. The summed E-state index contributed by atoms with van der Waals surface area (Å²) in [5, 5.41) is 3.44. The maximum Gasteiger partial charge on any atom is 0.183 e. The molecule has 0 saturated carbocycles. The van der Waals surface area contributed by atoms with Crippen LogP contribution < -0.4 is 0 Å². The van der Waals surface area contributed by atoms with Gasteiger partial charge in [0.1, 0.15) is 0 Å². The lowest BCUT2D eigenvalue weighted by Gasteiger charge is -2.01. The molecule has 1 heterocycles. The van der Waals surface area contributed by atoms with Crippen molar-refractivity contribution in [1.82, 2.24) is 0 Å². The quantitative estimate of drug-likeness (QED) is 0.824. The summed E-state index contributed by atoms with van der Waals surface area (Å²) in [6.07, 6.45) is 0. The summed E-state index contributed by atoms with van der Waals surface area (Å²) in [4.78, 5) is 0.413. The summed E-state index contributed by atoms with van der Waals surface area (Å²) < 4.78 is 23.7. The van der Waals surface area contributed by atoms with Gasteiger partial charge in [-0.25, -0.2) is 8.42 Å². The van der Waals surface area contributed by atoms with Crippen LogP contribution in [0.15, 0.2) is 52.1 Å². The van der Waals surface area contributed by atoms with Crippen LogP contribution in [0.2, 0.25) is 0 Å². The Balaban J connectivity index is 2.27. The molecule has 0 bridgehead atoms. The molecule has 0 aliphatic rings. The third-order valence-corrected chi connectivity index (χ3v) is 4.57. The predicted molar refractivity (Wildman–Crippen MR) is 61.7 cm³/mol. The van der Waals surface area contributed by atoms with Crippen LogP contribution >= 0.6 is 11.3 Å². The van der Waals surface area contributed by atoms with Gasteiger partial charge in [-0.05, 0) is 17.0 Å². The fourth-order valence-corrected chi connectivity index (χ4v) is 3.73. The second kappa shape index (κ2) is 4.16. The van der Waals surface area contributed by atoms with Crippen LogP contribution in [0.4, 0.5) is 0 Å². The van der Waals surface area contributed by atoms with Gasteiger partial charge in [-0.1, -0.05) is 30.3 Å². The number of benzene rings is 1. The third kappa shape index (κ3) is 2.46. The van der Waals surface area contributed by atoms with Crippen molar-refractivity contribution in [3.05, 3.63) is 52.7 Å². The predicted octanol–water partition coefficient (Wildman–Crippen LogP) is 2.72. The van der Waals surface area contributed by atoms with Crippen LogP contribution in [0.25, 0.3) is 0 Å². The average Bonchev–Trinajstić information content (AvgIpc) is 2.71. The number of thiophene rings is 1. The van der Waals surface area contributed by atoms with E-state index in [1.807, 2.05) is 30.3 Å². The van der Waals surface area contributed by atoms with Gasteiger partial charge in [0.15, 0.2) is 9.84 Å². The van der Waals surface area contributed by atoms with Gasteiger partial charge in [-0.15, -0.1) is 0 Å². The zero-order chi connectivity index (χ0) is 10.7. The minimum atomic E-state index is -3.16. The molecule has 0 fully saturated rings. The van der Waals surface area contributed by atoms with Crippen molar-refractivity contribution in [2.24, 2.45) is 0 Å². The molecule has 2 aromatic rings. The molecular weight excluding hydrogens is 228 g/mol. The molecule has 0 radical (unpaired) electrons. The lowest BCUT2D eigenvalue weighted by atomic mass is 10.2. The van der Waals surface area contributed by atoms with Crippen LogP contribution in [0, 0.1) is 0 Å². The first-order valence-corrected chi connectivity index (χ1v) is 7.07. The van der Waals surface area contributed by atoms with Gasteiger partial charge in [0.05, 0.1) is 10.6 Å². The number of sulfone groups is 1. The molecule has 15 heavy (non-hydrogen) atoms. The minimum absolute atomic E-state index is 0.0740. The van der Waals surface area contributed by atoms with Gasteiger partial charge in [0.2, 0.25) is 0 Å². The Morgan fingerprint density at radius 1 is 1.07 bits per heavy atom. The molecule has 2 nitrogen and oxygen atoms in total. The summed E-state index contributed by atoms with van der Waals surface area (Å²) >= 11 is 1.40. The van der Waals surface area contributed by atoms with Crippen molar-refractivity contribution in [3.63, 3.8) is 0 Å². The highest BCUT2D eigenvalue weighted by molar-refractivity contribution is 7.90. The Bertz CT molecular complexity index is 513. The molecule has 0 atom stereocenters. The van der Waals surface area contributed by atoms with Gasteiger partial charge < -0.3 is 0 Å². The zero-order valence-electron chi connectivity index (χ0n) is 7.96. The van der Waals surface area contributed by atoms with Crippen LogP contribution in [0.3, 0.4) is 0 Å². The molecule has 0 spiro atoms. The van der Waals surface area contributed by atoms with Gasteiger partial charge in [0.25, 0.3) is 0 Å². The van der Waals surface area contributed by atoms with Crippen molar-refractivity contribution >= 4 is 21.2 Å². The highest BCUT2D eigenvalue weighted by Gasteiger charge is 2.14. The normalized spacial score (nSPS) is 11.5. The summed E-state index contributed by atoms with van der Waals surface area (Å²) in [7, 11) is -3.16. The smallest absolute Gasteiger partial charge is 0.183 e. The summed E-state index contributed by atoms with van der Waals surface area (Å²) in [6, 6.07) is 10.9. The minimum Gasteiger partial charge on any atom is -0.223 e. The van der Waals surface area contributed by atoms with Gasteiger partial charge >= 0.3 is 0 Å². The maximum absolute atomic E-state index is 11.9. The van der Waals surface area contributed by atoms with Crippen molar-refractivity contribution in [2.75, 3.05) is 0 Å². The van der Waals surface area contributed by atoms with Gasteiger partial charge in [0, 0.05) is 5.38 Å². The van der Waals surface area contributed by atoms with E-state index < -0.39 is 9.84 Å². The second-order valence-electron chi connectivity index (χ2n) is 3.20. The summed E-state index contributed by atoms with van der Waals surface area (Å²) in [6.45, 7) is 0. The van der Waals surface area contributed by atoms with Crippen LogP contribution in [0.1, 0.15) is 5.56 Å². The molecule has 4 heteroatoms. The topological polar surface area (TPSA) is 34.1 Å². The largest absolute Gasteiger partial charge is 0.223 e. The molecule has 2 rings (SSSR count). The average molecular weight is 238 g/mol. The number of hydrogen-bond acceptors (Lipinski definition) is 3. The summed E-state index contributed by atoms with van der Waals surface area (Å²) in [5.74, 6) is 0.0740. The Kier molecular flexibility index (Phi) is 2.88. The molecule has 0 aliphatic heterocycles. The van der Waals surface area contributed by atoms with E-state index in [-0.39, 0.29) is 5.75 Å². The Morgan fingerprint density at radius 2 is 1.80 bits per heavy atom. The van der Waals surface area contributed by atoms with E-state index in [0.717, 1.165) is 5.56 Å². The molecule has 78 valence electrons. The first-order chi connectivity index (χ1) is 7.18. The first-order valence-electron chi connectivity index (χ1n) is 4.47. The van der Waals surface area contributed by atoms with Crippen LogP contribution in [-0.2, 0) is 15.6 Å². The Hall–Kier alpha value is -1.13. The zero-order valence-corrected chi connectivity index (χ0v) is 9.59. The third-order valence-electron chi connectivity index (χ3n) is 2.05. The van der Waals surface area contributed by atoms with Crippen molar-refractivity contribution < 1.29 is 8.42 Å². The molecule has 1 aromatic carbocycles. The fourth-order valence-electron chi connectivity index (χ4n) is 1.31. The molecule has 0 aliphatic carbocycles. The van der Waals surface area contributed by atoms with E-state index in [9.17, 15) is 8.42 Å². The highest BCUT2D eigenvalue weighted by Crippen LogP contribution is 2.18. The van der Waals surface area contributed by atoms with Crippen LogP contribution in [-0.4, -0.2) is 8.42 Å². The van der Waals surface area contributed by atoms with E-state index in [1.54, 1.807) is 16.8 Å². The van der Waals surface area contributed by atoms with E-state index in [2.05, 4.69) is 0 Å². The number of hydrogen-bond donors (Lipinski definition) is 0. The molecule has 1 aromatic heterocycles. The monoisotopic (exact) mass is 238 g/mol. The highest BCUT2D eigenvalue weighted by atomic mass is 32.2. The SMILES string of the molecule is O=S(=O)(Cc1ccccc1)c1ccsc1. The van der Waals surface area contributed by atoms with Gasteiger partial charge in [-0.2, -0.15) is 11.3 Å². The Labute approximate surface area is 93.1 Å². The fraction of sp³-hybridized carbons (Fsp3) is 0.0909. The van der Waals surface area contributed by atoms with E-state index in [4.69, 9.17) is 0 Å².